The first-order valence-electron chi connectivity index (χ1n) is 6.89. The van der Waals surface area contributed by atoms with E-state index < -0.39 is 6.10 Å². The molecule has 3 nitrogen and oxygen atoms in total. The molecule has 0 fully saturated rings. The molecule has 0 radical (unpaired) electrons. The lowest BCUT2D eigenvalue weighted by Gasteiger charge is -2.11. The van der Waals surface area contributed by atoms with Crippen LogP contribution in [0, 0.1) is 5.82 Å². The van der Waals surface area contributed by atoms with Crippen molar-refractivity contribution in [2.24, 2.45) is 0 Å². The van der Waals surface area contributed by atoms with E-state index in [2.05, 4.69) is 5.32 Å². The molecule has 1 unspecified atom stereocenters. The Kier molecular flexibility index (Phi) is 5.46. The van der Waals surface area contributed by atoms with Gasteiger partial charge in [0.15, 0.2) is 0 Å². The maximum Gasteiger partial charge on any atom is 0.224 e. The van der Waals surface area contributed by atoms with E-state index in [0.29, 0.717) is 24.9 Å². The van der Waals surface area contributed by atoms with Crippen LogP contribution < -0.4 is 5.32 Å². The van der Waals surface area contributed by atoms with Crippen LogP contribution in [0.2, 0.25) is 0 Å². The topological polar surface area (TPSA) is 49.3 Å². The third-order valence-electron chi connectivity index (χ3n) is 3.20. The zero-order valence-electron chi connectivity index (χ0n) is 11.6. The highest BCUT2D eigenvalue weighted by molar-refractivity contribution is 5.78. The maximum absolute atomic E-state index is 12.8. The monoisotopic (exact) mass is 287 g/mol. The fourth-order valence-electron chi connectivity index (χ4n) is 2.04. The Morgan fingerprint density at radius 2 is 1.76 bits per heavy atom. The summed E-state index contributed by atoms with van der Waals surface area (Å²) in [6.07, 6.45) is 0.0160. The molecule has 1 amide bonds. The summed E-state index contributed by atoms with van der Waals surface area (Å²) in [5, 5.41) is 12.7. The van der Waals surface area contributed by atoms with Crippen LogP contribution in [0.25, 0.3) is 0 Å². The van der Waals surface area contributed by atoms with Gasteiger partial charge < -0.3 is 10.4 Å². The standard InChI is InChI=1S/C17H18FNO2/c18-15-8-6-14(7-9-15)16(20)10-11-19-17(21)12-13-4-2-1-3-5-13/h1-9,16,20H,10-12H2,(H,19,21). The second-order valence-corrected chi connectivity index (χ2v) is 4.87. The van der Waals surface area contributed by atoms with E-state index in [1.807, 2.05) is 30.3 Å². The van der Waals surface area contributed by atoms with E-state index in [4.69, 9.17) is 0 Å². The van der Waals surface area contributed by atoms with Crippen molar-refractivity contribution in [2.75, 3.05) is 6.54 Å². The van der Waals surface area contributed by atoms with E-state index in [1.165, 1.54) is 12.1 Å². The van der Waals surface area contributed by atoms with Crippen LogP contribution in [-0.4, -0.2) is 17.6 Å². The van der Waals surface area contributed by atoms with Gasteiger partial charge in [0.05, 0.1) is 12.5 Å². The van der Waals surface area contributed by atoms with E-state index in [9.17, 15) is 14.3 Å². The zero-order valence-corrected chi connectivity index (χ0v) is 11.6. The number of nitrogens with one attached hydrogen (secondary N) is 1. The average molecular weight is 287 g/mol. The molecular formula is C17H18FNO2. The Morgan fingerprint density at radius 3 is 2.43 bits per heavy atom. The molecule has 0 saturated carbocycles. The molecule has 0 heterocycles. The molecule has 2 N–H and O–H groups in total. The Bertz CT molecular complexity index is 569. The molecule has 0 spiro atoms. The van der Waals surface area contributed by atoms with Gasteiger partial charge in [-0.25, -0.2) is 4.39 Å². The molecule has 0 aliphatic rings. The van der Waals surface area contributed by atoms with Crippen LogP contribution >= 0.6 is 0 Å². The molecule has 1 atom stereocenters. The molecule has 2 aromatic rings. The first-order chi connectivity index (χ1) is 10.1. The number of aliphatic hydroxyl groups excluding tert-OH is 1. The van der Waals surface area contributed by atoms with E-state index in [0.717, 1.165) is 5.56 Å². The highest BCUT2D eigenvalue weighted by atomic mass is 19.1. The number of amides is 1. The van der Waals surface area contributed by atoms with Crippen molar-refractivity contribution in [3.63, 3.8) is 0 Å². The Balaban J connectivity index is 1.73. The van der Waals surface area contributed by atoms with Gasteiger partial charge in [0.25, 0.3) is 0 Å². The second-order valence-electron chi connectivity index (χ2n) is 4.87. The molecule has 0 aromatic heterocycles. The van der Waals surface area contributed by atoms with Crippen LogP contribution in [0.3, 0.4) is 0 Å². The van der Waals surface area contributed by atoms with Crippen molar-refractivity contribution in [1.29, 1.82) is 0 Å². The molecule has 0 bridgehead atoms. The minimum atomic E-state index is -0.706. The quantitative estimate of drug-likeness (QED) is 0.858. The Hall–Kier alpha value is -2.20. The highest BCUT2D eigenvalue weighted by Crippen LogP contribution is 2.16. The van der Waals surface area contributed by atoms with Crippen LogP contribution in [0.4, 0.5) is 4.39 Å². The second kappa shape index (κ2) is 7.55. The van der Waals surface area contributed by atoms with E-state index in [-0.39, 0.29) is 11.7 Å². The van der Waals surface area contributed by atoms with Crippen LogP contribution in [0.15, 0.2) is 54.6 Å². The fourth-order valence-corrected chi connectivity index (χ4v) is 2.04. The minimum absolute atomic E-state index is 0.0764. The molecule has 2 aromatic carbocycles. The lowest BCUT2D eigenvalue weighted by molar-refractivity contribution is -0.120. The molecule has 21 heavy (non-hydrogen) atoms. The maximum atomic E-state index is 12.8. The number of hydrogen-bond donors (Lipinski definition) is 2. The molecule has 2 rings (SSSR count). The molecule has 0 saturated heterocycles. The van der Waals surface area contributed by atoms with Crippen LogP contribution in [0.1, 0.15) is 23.7 Å². The van der Waals surface area contributed by atoms with Crippen molar-refractivity contribution >= 4 is 5.91 Å². The van der Waals surface area contributed by atoms with E-state index in [1.54, 1.807) is 12.1 Å². The van der Waals surface area contributed by atoms with Gasteiger partial charge in [-0.3, -0.25) is 4.79 Å². The summed E-state index contributed by atoms with van der Waals surface area (Å²) in [7, 11) is 0. The van der Waals surface area contributed by atoms with Gasteiger partial charge in [-0.15, -0.1) is 0 Å². The molecule has 0 aliphatic carbocycles. The third kappa shape index (κ3) is 5.00. The molecule has 4 heteroatoms. The smallest absolute Gasteiger partial charge is 0.224 e. The normalized spacial score (nSPS) is 11.9. The summed E-state index contributed by atoms with van der Waals surface area (Å²) in [6.45, 7) is 0.379. The fraction of sp³-hybridized carbons (Fsp3) is 0.235. The predicted octanol–water partition coefficient (Wildman–Crippen LogP) is 2.61. The van der Waals surface area contributed by atoms with Crippen molar-refractivity contribution in [3.8, 4) is 0 Å². The number of carbonyl (C=O) groups is 1. The highest BCUT2D eigenvalue weighted by Gasteiger charge is 2.08. The molecule has 0 aliphatic heterocycles. The van der Waals surface area contributed by atoms with Gasteiger partial charge in [-0.1, -0.05) is 42.5 Å². The SMILES string of the molecule is O=C(Cc1ccccc1)NCCC(O)c1ccc(F)cc1. The lowest BCUT2D eigenvalue weighted by Crippen LogP contribution is -2.27. The van der Waals surface area contributed by atoms with Gasteiger partial charge in [0.1, 0.15) is 5.82 Å². The van der Waals surface area contributed by atoms with Gasteiger partial charge in [0.2, 0.25) is 5.91 Å². The Labute approximate surface area is 123 Å². The minimum Gasteiger partial charge on any atom is -0.388 e. The van der Waals surface area contributed by atoms with Gasteiger partial charge >= 0.3 is 0 Å². The van der Waals surface area contributed by atoms with Gasteiger partial charge in [-0.2, -0.15) is 0 Å². The van der Waals surface area contributed by atoms with E-state index >= 15 is 0 Å². The summed E-state index contributed by atoms with van der Waals surface area (Å²) in [4.78, 5) is 11.7. The number of halogens is 1. The van der Waals surface area contributed by atoms with Crippen molar-refractivity contribution in [1.82, 2.24) is 5.32 Å². The van der Waals surface area contributed by atoms with Crippen molar-refractivity contribution in [3.05, 3.63) is 71.5 Å². The molecule has 110 valence electrons. The largest absolute Gasteiger partial charge is 0.388 e. The number of rotatable bonds is 6. The van der Waals surface area contributed by atoms with Gasteiger partial charge in [-0.05, 0) is 29.7 Å². The number of aliphatic hydroxyl groups is 1. The summed E-state index contributed by atoms with van der Waals surface area (Å²) in [6, 6.07) is 15.2. The first-order valence-corrected chi connectivity index (χ1v) is 6.89. The van der Waals surface area contributed by atoms with Crippen LogP contribution in [-0.2, 0) is 11.2 Å². The predicted molar refractivity (Wildman–Crippen MR) is 79.1 cm³/mol. The third-order valence-corrected chi connectivity index (χ3v) is 3.20. The zero-order chi connectivity index (χ0) is 15.1. The van der Waals surface area contributed by atoms with Crippen molar-refractivity contribution in [2.45, 2.75) is 18.9 Å². The lowest BCUT2D eigenvalue weighted by atomic mass is 10.1. The molecular weight excluding hydrogens is 269 g/mol. The summed E-state index contributed by atoms with van der Waals surface area (Å²) in [5.41, 5.74) is 1.60. The summed E-state index contributed by atoms with van der Waals surface area (Å²) < 4.78 is 12.8. The van der Waals surface area contributed by atoms with Crippen LogP contribution in [0.5, 0.6) is 0 Å². The average Bonchev–Trinajstić information content (AvgIpc) is 2.49. The van der Waals surface area contributed by atoms with Gasteiger partial charge in [0, 0.05) is 6.54 Å². The Morgan fingerprint density at radius 1 is 1.10 bits per heavy atom. The summed E-state index contributed by atoms with van der Waals surface area (Å²) >= 11 is 0. The van der Waals surface area contributed by atoms with Crippen molar-refractivity contribution < 1.29 is 14.3 Å². The number of hydrogen-bond acceptors (Lipinski definition) is 2. The summed E-state index contributed by atoms with van der Waals surface area (Å²) in [5.74, 6) is -0.408. The number of benzene rings is 2. The number of carbonyl (C=O) groups excluding carboxylic acids is 1. The first kappa shape index (κ1) is 15.2.